The molecule has 0 saturated carbocycles. The summed E-state index contributed by atoms with van der Waals surface area (Å²) in [7, 11) is 2.12. The monoisotopic (exact) mass is 210 g/mol. The van der Waals surface area contributed by atoms with Gasteiger partial charge in [-0.2, -0.15) is 0 Å². The van der Waals surface area contributed by atoms with Crippen LogP contribution < -0.4 is 0 Å². The molecule has 3 heteroatoms. The Bertz CT molecular complexity index is 288. The summed E-state index contributed by atoms with van der Waals surface area (Å²) >= 11 is 0. The van der Waals surface area contributed by atoms with Crippen molar-refractivity contribution in [3.05, 3.63) is 23.6 Å². The third kappa shape index (κ3) is 2.47. The van der Waals surface area contributed by atoms with E-state index in [9.17, 15) is 4.39 Å². The second-order valence-electron chi connectivity index (χ2n) is 4.62. The van der Waals surface area contributed by atoms with Crippen molar-refractivity contribution in [2.75, 3.05) is 33.2 Å². The van der Waals surface area contributed by atoms with Gasteiger partial charge in [0.05, 0.1) is 6.04 Å². The molecule has 1 atom stereocenters. The third-order valence-corrected chi connectivity index (χ3v) is 3.34. The van der Waals surface area contributed by atoms with Gasteiger partial charge in [0.25, 0.3) is 0 Å². The topological polar surface area (TPSA) is 6.48 Å². The van der Waals surface area contributed by atoms with Crippen LogP contribution >= 0.6 is 0 Å². The van der Waals surface area contributed by atoms with E-state index in [1.54, 1.807) is 6.08 Å². The lowest BCUT2D eigenvalue weighted by Gasteiger charge is -2.38. The highest BCUT2D eigenvalue weighted by molar-refractivity contribution is 5.24. The van der Waals surface area contributed by atoms with E-state index in [0.29, 0.717) is 0 Å². The van der Waals surface area contributed by atoms with Crippen LogP contribution in [-0.2, 0) is 0 Å². The van der Waals surface area contributed by atoms with Gasteiger partial charge in [0.1, 0.15) is 5.83 Å². The van der Waals surface area contributed by atoms with E-state index in [0.717, 1.165) is 32.6 Å². The molecule has 1 aliphatic heterocycles. The lowest BCUT2D eigenvalue weighted by atomic mass is 9.99. The average molecular weight is 210 g/mol. The van der Waals surface area contributed by atoms with Crippen molar-refractivity contribution in [2.45, 2.75) is 19.4 Å². The predicted molar refractivity (Wildman–Crippen MR) is 60.4 cm³/mol. The smallest absolute Gasteiger partial charge is 0.117 e. The number of likely N-dealkylation sites (N-methyl/N-ethyl adjacent to an activating group) is 1. The summed E-state index contributed by atoms with van der Waals surface area (Å²) < 4.78 is 13.7. The summed E-state index contributed by atoms with van der Waals surface area (Å²) in [4.78, 5) is 4.56. The van der Waals surface area contributed by atoms with Crippen molar-refractivity contribution in [2.24, 2.45) is 0 Å². The van der Waals surface area contributed by atoms with Crippen molar-refractivity contribution >= 4 is 0 Å². The Morgan fingerprint density at radius 3 is 2.53 bits per heavy atom. The summed E-state index contributed by atoms with van der Waals surface area (Å²) in [5.74, 6) is 0.0325. The van der Waals surface area contributed by atoms with Gasteiger partial charge in [-0.15, -0.1) is 0 Å². The minimum absolute atomic E-state index is 0.00343. The van der Waals surface area contributed by atoms with Gasteiger partial charge in [-0.3, -0.25) is 4.90 Å². The van der Waals surface area contributed by atoms with Crippen molar-refractivity contribution in [1.82, 2.24) is 9.80 Å². The van der Waals surface area contributed by atoms with E-state index < -0.39 is 0 Å². The highest BCUT2D eigenvalue weighted by Crippen LogP contribution is 2.25. The molecule has 0 aromatic carbocycles. The van der Waals surface area contributed by atoms with E-state index in [2.05, 4.69) is 23.8 Å². The number of hydrogen-bond donors (Lipinski definition) is 0. The molecule has 1 saturated heterocycles. The first-order valence-corrected chi connectivity index (χ1v) is 5.62. The van der Waals surface area contributed by atoms with Gasteiger partial charge in [0.2, 0.25) is 0 Å². The Labute approximate surface area is 91.0 Å². The minimum atomic E-state index is 0.00343. The van der Waals surface area contributed by atoms with Gasteiger partial charge in [0.15, 0.2) is 0 Å². The molecule has 2 aliphatic rings. The van der Waals surface area contributed by atoms with Gasteiger partial charge < -0.3 is 4.90 Å². The first-order valence-electron chi connectivity index (χ1n) is 5.62. The standard InChI is InChI=1S/C12H19FN2/c1-10-3-4-11(13)12(9-10)15-7-5-14(2)6-8-15/h3-4,12H,5-9H2,1-2H3. The summed E-state index contributed by atoms with van der Waals surface area (Å²) in [6.07, 6.45) is 4.37. The molecule has 1 unspecified atom stereocenters. The van der Waals surface area contributed by atoms with Crippen LogP contribution in [0, 0.1) is 0 Å². The zero-order chi connectivity index (χ0) is 10.8. The van der Waals surface area contributed by atoms with E-state index in [4.69, 9.17) is 0 Å². The number of hydrogen-bond acceptors (Lipinski definition) is 2. The predicted octanol–water partition coefficient (Wildman–Crippen LogP) is 1.81. The molecule has 1 fully saturated rings. The minimum Gasteiger partial charge on any atom is -0.304 e. The molecule has 0 N–H and O–H groups in total. The van der Waals surface area contributed by atoms with Gasteiger partial charge in [-0.05, 0) is 26.5 Å². The van der Waals surface area contributed by atoms with E-state index >= 15 is 0 Å². The zero-order valence-corrected chi connectivity index (χ0v) is 9.54. The summed E-state index contributed by atoms with van der Waals surface area (Å²) in [5, 5.41) is 0. The third-order valence-electron chi connectivity index (χ3n) is 3.34. The molecule has 1 aliphatic carbocycles. The summed E-state index contributed by atoms with van der Waals surface area (Å²) in [5.41, 5.74) is 1.28. The zero-order valence-electron chi connectivity index (χ0n) is 9.54. The molecule has 15 heavy (non-hydrogen) atoms. The highest BCUT2D eigenvalue weighted by atomic mass is 19.1. The molecule has 0 radical (unpaired) electrons. The molecule has 2 nitrogen and oxygen atoms in total. The molecule has 0 bridgehead atoms. The molecular weight excluding hydrogens is 191 g/mol. The van der Waals surface area contributed by atoms with Crippen LogP contribution in [0.1, 0.15) is 13.3 Å². The van der Waals surface area contributed by atoms with Gasteiger partial charge >= 0.3 is 0 Å². The maximum absolute atomic E-state index is 13.7. The Morgan fingerprint density at radius 2 is 1.87 bits per heavy atom. The number of allylic oxidation sites excluding steroid dienone is 2. The van der Waals surface area contributed by atoms with Crippen molar-refractivity contribution in [3.63, 3.8) is 0 Å². The second-order valence-corrected chi connectivity index (χ2v) is 4.62. The molecule has 0 amide bonds. The molecule has 84 valence electrons. The first-order chi connectivity index (χ1) is 7.16. The van der Waals surface area contributed by atoms with Crippen molar-refractivity contribution < 1.29 is 4.39 Å². The Morgan fingerprint density at radius 1 is 1.20 bits per heavy atom. The molecule has 2 rings (SSSR count). The Kier molecular flexibility index (Phi) is 3.22. The number of nitrogens with zero attached hydrogens (tertiary/aromatic N) is 2. The van der Waals surface area contributed by atoms with E-state index in [1.807, 2.05) is 6.08 Å². The molecule has 1 heterocycles. The van der Waals surface area contributed by atoms with Crippen molar-refractivity contribution in [1.29, 1.82) is 0 Å². The van der Waals surface area contributed by atoms with Crippen LogP contribution in [0.25, 0.3) is 0 Å². The summed E-state index contributed by atoms with van der Waals surface area (Å²) in [6, 6.07) is 0.00343. The Balaban J connectivity index is 2.00. The van der Waals surface area contributed by atoms with Crippen LogP contribution in [0.2, 0.25) is 0 Å². The van der Waals surface area contributed by atoms with Gasteiger partial charge in [-0.25, -0.2) is 4.39 Å². The van der Waals surface area contributed by atoms with Crippen LogP contribution in [0.5, 0.6) is 0 Å². The number of halogens is 1. The Hall–Kier alpha value is -0.670. The fraction of sp³-hybridized carbons (Fsp3) is 0.667. The van der Waals surface area contributed by atoms with Crippen LogP contribution in [0.4, 0.5) is 4.39 Å². The molecule has 0 aromatic heterocycles. The fourth-order valence-electron chi connectivity index (χ4n) is 2.24. The molecule has 0 aromatic rings. The maximum Gasteiger partial charge on any atom is 0.117 e. The van der Waals surface area contributed by atoms with Crippen LogP contribution in [0.15, 0.2) is 23.6 Å². The SMILES string of the molecule is CC1=CC=C(F)C(N2CCN(C)CC2)C1. The van der Waals surface area contributed by atoms with E-state index in [-0.39, 0.29) is 11.9 Å². The molecular formula is C12H19FN2. The lowest BCUT2D eigenvalue weighted by Crippen LogP contribution is -2.49. The normalized spacial score (nSPS) is 29.9. The highest BCUT2D eigenvalue weighted by Gasteiger charge is 2.27. The maximum atomic E-state index is 13.7. The van der Waals surface area contributed by atoms with E-state index in [1.165, 1.54) is 5.57 Å². The van der Waals surface area contributed by atoms with Crippen molar-refractivity contribution in [3.8, 4) is 0 Å². The van der Waals surface area contributed by atoms with Gasteiger partial charge in [0, 0.05) is 26.2 Å². The first kappa shape index (κ1) is 10.8. The average Bonchev–Trinajstić information content (AvgIpc) is 2.23. The number of rotatable bonds is 1. The van der Waals surface area contributed by atoms with Crippen LogP contribution in [-0.4, -0.2) is 49.1 Å². The van der Waals surface area contributed by atoms with Crippen LogP contribution in [0.3, 0.4) is 0 Å². The van der Waals surface area contributed by atoms with Gasteiger partial charge in [-0.1, -0.05) is 11.6 Å². The fourth-order valence-corrected chi connectivity index (χ4v) is 2.24. The number of piperazine rings is 1. The quantitative estimate of drug-likeness (QED) is 0.651. The largest absolute Gasteiger partial charge is 0.304 e. The summed E-state index contributed by atoms with van der Waals surface area (Å²) in [6.45, 7) is 6.14. The molecule has 0 spiro atoms. The second kappa shape index (κ2) is 4.45. The lowest BCUT2D eigenvalue weighted by molar-refractivity contribution is 0.114.